The predicted octanol–water partition coefficient (Wildman–Crippen LogP) is -3.44. The molecule has 1 atom stereocenters. The number of hydrogen-bond donors (Lipinski definition) is 4. The number of rotatable bonds is 7. The fourth-order valence-electron chi connectivity index (χ4n) is 1.04. The largest absolute Gasteiger partial charge is 0.748 e. The molecule has 0 aromatic carbocycles. The molecule has 0 fully saturated rings. The average molecular weight is 245 g/mol. The molecular formula is C6H15NO7S. The lowest BCUT2D eigenvalue weighted by molar-refractivity contribution is -0.978. The van der Waals surface area contributed by atoms with E-state index in [1.165, 1.54) is 0 Å². The van der Waals surface area contributed by atoms with Gasteiger partial charge in [0.15, 0.2) is 20.2 Å². The zero-order chi connectivity index (χ0) is 12.1. The van der Waals surface area contributed by atoms with Crippen molar-refractivity contribution >= 4 is 10.1 Å². The van der Waals surface area contributed by atoms with Crippen LogP contribution in [-0.2, 0) is 10.1 Å². The van der Waals surface area contributed by atoms with Crippen LogP contribution in [0.25, 0.3) is 0 Å². The second-order valence-electron chi connectivity index (χ2n) is 3.33. The van der Waals surface area contributed by atoms with Gasteiger partial charge in [0, 0.05) is 0 Å². The van der Waals surface area contributed by atoms with E-state index in [2.05, 4.69) is 0 Å². The zero-order valence-electron chi connectivity index (χ0n) is 7.98. The van der Waals surface area contributed by atoms with Gasteiger partial charge in [-0.3, -0.25) is 4.48 Å². The molecule has 0 heterocycles. The third kappa shape index (κ3) is 5.37. The Balaban J connectivity index is 4.42. The molecule has 0 rings (SSSR count). The number of aliphatic hydroxyl groups excluding tert-OH is 4. The summed E-state index contributed by atoms with van der Waals surface area (Å²) in [6.45, 7) is -2.46. The molecule has 0 aromatic heterocycles. The van der Waals surface area contributed by atoms with E-state index in [1.807, 2.05) is 0 Å². The van der Waals surface area contributed by atoms with E-state index in [1.54, 1.807) is 0 Å². The van der Waals surface area contributed by atoms with Crippen molar-refractivity contribution in [2.45, 2.75) is 6.10 Å². The molecule has 0 saturated heterocycles. The highest BCUT2D eigenvalue weighted by Crippen LogP contribution is 2.05. The van der Waals surface area contributed by atoms with Gasteiger partial charge in [0.2, 0.25) is 0 Å². The van der Waals surface area contributed by atoms with Gasteiger partial charge in [0.25, 0.3) is 0 Å². The maximum Gasteiger partial charge on any atom is 0.184 e. The first kappa shape index (κ1) is 14.7. The molecule has 0 saturated carbocycles. The number of quaternary nitrogens is 1. The smallest absolute Gasteiger partial charge is 0.184 e. The summed E-state index contributed by atoms with van der Waals surface area (Å²) in [4.78, 5) is 0. The van der Waals surface area contributed by atoms with Crippen LogP contribution in [0.1, 0.15) is 0 Å². The Kier molecular flexibility index (Phi) is 5.59. The third-order valence-electron chi connectivity index (χ3n) is 1.89. The summed E-state index contributed by atoms with van der Waals surface area (Å²) in [6.07, 6.45) is -1.54. The average Bonchev–Trinajstić information content (AvgIpc) is 2.11. The van der Waals surface area contributed by atoms with Gasteiger partial charge in [-0.1, -0.05) is 0 Å². The Labute approximate surface area is 87.3 Å². The van der Waals surface area contributed by atoms with Gasteiger partial charge in [0.05, 0.1) is 15.9 Å². The molecule has 15 heavy (non-hydrogen) atoms. The summed E-state index contributed by atoms with van der Waals surface area (Å²) in [5.74, 6) is -1.02. The fraction of sp³-hybridized carbons (Fsp3) is 1.00. The predicted molar refractivity (Wildman–Crippen MR) is 47.0 cm³/mol. The SMILES string of the molecule is O=S(=O)([O-])CC(O)C[N+](CO)(CO)CO. The van der Waals surface area contributed by atoms with Crippen molar-refractivity contribution in [1.29, 1.82) is 0 Å². The number of nitrogens with zero attached hydrogens (tertiary/aromatic N) is 1. The summed E-state index contributed by atoms with van der Waals surface area (Å²) in [7, 11) is -4.58. The summed E-state index contributed by atoms with van der Waals surface area (Å²) in [6, 6.07) is 0. The lowest BCUT2D eigenvalue weighted by Crippen LogP contribution is -2.55. The molecule has 0 bridgehead atoms. The maximum absolute atomic E-state index is 10.3. The Hall–Kier alpha value is -0.290. The summed E-state index contributed by atoms with van der Waals surface area (Å²) < 4.78 is 30.1. The molecule has 0 aromatic rings. The van der Waals surface area contributed by atoms with E-state index in [0.717, 1.165) is 0 Å². The van der Waals surface area contributed by atoms with E-state index in [4.69, 9.17) is 15.3 Å². The summed E-state index contributed by atoms with van der Waals surface area (Å²) in [5.41, 5.74) is 0. The van der Waals surface area contributed by atoms with Crippen molar-refractivity contribution in [3.8, 4) is 0 Å². The van der Waals surface area contributed by atoms with Crippen molar-refractivity contribution in [2.75, 3.05) is 32.5 Å². The second-order valence-corrected chi connectivity index (χ2v) is 4.78. The Morgan fingerprint density at radius 2 is 1.53 bits per heavy atom. The van der Waals surface area contributed by atoms with E-state index in [0.29, 0.717) is 0 Å². The molecule has 4 N–H and O–H groups in total. The molecule has 8 nitrogen and oxygen atoms in total. The highest BCUT2D eigenvalue weighted by Gasteiger charge is 2.29. The minimum absolute atomic E-state index is 0.426. The first-order valence-electron chi connectivity index (χ1n) is 4.08. The Morgan fingerprint density at radius 1 is 1.13 bits per heavy atom. The highest BCUT2D eigenvalue weighted by molar-refractivity contribution is 7.85. The van der Waals surface area contributed by atoms with Crippen LogP contribution < -0.4 is 0 Å². The molecule has 0 spiro atoms. The minimum atomic E-state index is -4.58. The van der Waals surface area contributed by atoms with Gasteiger partial charge in [-0.05, 0) is 0 Å². The van der Waals surface area contributed by atoms with Crippen molar-refractivity contribution < 1.29 is 37.9 Å². The van der Waals surface area contributed by atoms with E-state index >= 15 is 0 Å². The molecule has 9 heteroatoms. The van der Waals surface area contributed by atoms with E-state index in [9.17, 15) is 18.1 Å². The summed E-state index contributed by atoms with van der Waals surface area (Å²) >= 11 is 0. The topological polar surface area (TPSA) is 138 Å². The van der Waals surface area contributed by atoms with Crippen LogP contribution in [0.4, 0.5) is 0 Å². The van der Waals surface area contributed by atoms with Gasteiger partial charge in [-0.2, -0.15) is 0 Å². The molecule has 1 unspecified atom stereocenters. The molecule has 0 amide bonds. The van der Waals surface area contributed by atoms with Gasteiger partial charge < -0.3 is 25.0 Å². The second kappa shape index (κ2) is 5.70. The third-order valence-corrected chi connectivity index (χ3v) is 2.69. The molecular weight excluding hydrogens is 230 g/mol. The van der Waals surface area contributed by atoms with E-state index in [-0.39, 0.29) is 0 Å². The van der Waals surface area contributed by atoms with Gasteiger partial charge in [-0.25, -0.2) is 8.42 Å². The Bertz CT molecular complexity index is 265. The zero-order valence-corrected chi connectivity index (χ0v) is 8.80. The van der Waals surface area contributed by atoms with Crippen molar-refractivity contribution in [2.24, 2.45) is 0 Å². The number of hydrogen-bond acceptors (Lipinski definition) is 7. The van der Waals surface area contributed by atoms with Gasteiger partial charge >= 0.3 is 0 Å². The van der Waals surface area contributed by atoms with Crippen LogP contribution in [0.3, 0.4) is 0 Å². The molecule has 92 valence electrons. The molecule has 0 aliphatic heterocycles. The first-order valence-corrected chi connectivity index (χ1v) is 5.65. The van der Waals surface area contributed by atoms with E-state index < -0.39 is 53.2 Å². The van der Waals surface area contributed by atoms with Crippen molar-refractivity contribution in [1.82, 2.24) is 0 Å². The molecule has 0 radical (unpaired) electrons. The Morgan fingerprint density at radius 3 is 1.80 bits per heavy atom. The fourth-order valence-corrected chi connectivity index (χ4v) is 1.62. The van der Waals surface area contributed by atoms with Crippen molar-refractivity contribution in [3.05, 3.63) is 0 Å². The highest BCUT2D eigenvalue weighted by atomic mass is 32.2. The van der Waals surface area contributed by atoms with Crippen LogP contribution in [0.2, 0.25) is 0 Å². The van der Waals surface area contributed by atoms with Crippen LogP contribution in [0.15, 0.2) is 0 Å². The van der Waals surface area contributed by atoms with Crippen LogP contribution in [0, 0.1) is 0 Å². The lowest BCUT2D eigenvalue weighted by atomic mass is 10.3. The normalized spacial score (nSPS) is 15.3. The van der Waals surface area contributed by atoms with Crippen LogP contribution in [-0.4, -0.2) is 76.5 Å². The molecule has 0 aliphatic carbocycles. The maximum atomic E-state index is 10.3. The summed E-state index contributed by atoms with van der Waals surface area (Å²) in [5, 5.41) is 35.7. The van der Waals surface area contributed by atoms with Crippen LogP contribution >= 0.6 is 0 Å². The van der Waals surface area contributed by atoms with Gasteiger partial charge in [0.1, 0.15) is 12.6 Å². The first-order chi connectivity index (χ1) is 6.78. The van der Waals surface area contributed by atoms with Gasteiger partial charge in [-0.15, -0.1) is 0 Å². The quantitative estimate of drug-likeness (QED) is 0.208. The lowest BCUT2D eigenvalue weighted by Gasteiger charge is -2.33. The van der Waals surface area contributed by atoms with Crippen molar-refractivity contribution in [3.63, 3.8) is 0 Å². The molecule has 0 aliphatic rings. The monoisotopic (exact) mass is 245 g/mol. The minimum Gasteiger partial charge on any atom is -0.748 e. The van der Waals surface area contributed by atoms with Crippen LogP contribution in [0.5, 0.6) is 0 Å². The number of aliphatic hydroxyl groups is 4. The standard InChI is InChI=1S/C6H15NO7S/c8-3-7(4-9,5-10)1-6(11)2-15(12,13)14/h6,8-11H,1-5H2.